The van der Waals surface area contributed by atoms with Gasteiger partial charge in [0.2, 0.25) is 41.4 Å². The predicted octanol–water partition coefficient (Wildman–Crippen LogP) is -2.17. The van der Waals surface area contributed by atoms with Gasteiger partial charge in [0.05, 0.1) is 24.9 Å². The number of hydrogen-bond acceptors (Lipinski definition) is 11. The number of hydrogen-bond donors (Lipinski definition) is 11. The van der Waals surface area contributed by atoms with Crippen molar-refractivity contribution in [2.24, 2.45) is 17.4 Å². The number of fused-ring (bicyclic) bond motifs is 1. The highest BCUT2D eigenvalue weighted by atomic mass is 16.4. The van der Waals surface area contributed by atoms with Crippen molar-refractivity contribution >= 4 is 58.2 Å². The zero-order valence-corrected chi connectivity index (χ0v) is 33.9. The minimum absolute atomic E-state index is 0.0844. The van der Waals surface area contributed by atoms with Crippen LogP contribution in [0.5, 0.6) is 0 Å². The van der Waals surface area contributed by atoms with Crippen LogP contribution in [0.1, 0.15) is 64.6 Å². The van der Waals surface area contributed by atoms with Crippen molar-refractivity contribution in [3.63, 3.8) is 0 Å². The molecule has 326 valence electrons. The molecule has 1 aliphatic rings. The number of aliphatic hydroxyl groups is 1. The van der Waals surface area contributed by atoms with Crippen LogP contribution < -0.4 is 38.1 Å². The highest BCUT2D eigenvalue weighted by molar-refractivity contribution is 5.98. The summed E-state index contributed by atoms with van der Waals surface area (Å²) < 4.78 is 0. The molecule has 3 aromatic rings. The van der Waals surface area contributed by atoms with Gasteiger partial charge in [0, 0.05) is 42.0 Å². The van der Waals surface area contributed by atoms with E-state index in [2.05, 4.69) is 41.5 Å². The third-order valence-electron chi connectivity index (χ3n) is 10.1. The Morgan fingerprint density at radius 2 is 1.55 bits per heavy atom. The lowest BCUT2D eigenvalue weighted by Crippen LogP contribution is -2.62. The lowest BCUT2D eigenvalue weighted by atomic mass is 10.0. The maximum atomic E-state index is 14.1. The minimum atomic E-state index is -1.61. The quantitative estimate of drug-likeness (QED) is 0.0546. The standard InChI is InChI=1S/C39H55N11O10/c1-19(2)12-29(38(58)50-11-7-10-30(50)36(56)47-28(15-31(41)52)34(54)45-20(3)39(59)60)48-37(57)32(21(4)51)49-35(55)27(14-23-17-42-18-44-23)46-33(53)25(40)13-22-16-43-26-9-6-5-8-24(22)26/h5-6,8-9,16-21,25,27-30,32,43,51H,7,10-15,40H2,1-4H3,(H2,41,52)(H,42,44)(H,45,54)(H,46,53)(H,47,56)(H,48,57)(H,49,55)(H,59,60)/t20-,21+,25-,27-,28-,29-,30-,32-/m0/s1. The van der Waals surface area contributed by atoms with Crippen molar-refractivity contribution in [1.29, 1.82) is 0 Å². The van der Waals surface area contributed by atoms with Crippen LogP contribution in [0.2, 0.25) is 0 Å². The second-order valence-corrected chi connectivity index (χ2v) is 15.4. The molecule has 13 N–H and O–H groups in total. The fourth-order valence-electron chi connectivity index (χ4n) is 6.91. The minimum Gasteiger partial charge on any atom is -0.480 e. The van der Waals surface area contributed by atoms with Crippen molar-refractivity contribution < 1.29 is 48.6 Å². The van der Waals surface area contributed by atoms with E-state index >= 15 is 0 Å². The van der Waals surface area contributed by atoms with E-state index in [9.17, 15) is 48.6 Å². The number of H-pyrrole nitrogens is 2. The van der Waals surface area contributed by atoms with Crippen molar-refractivity contribution in [3.8, 4) is 0 Å². The number of nitrogens with zero attached hydrogens (tertiary/aromatic N) is 2. The number of aromatic nitrogens is 3. The molecule has 21 heteroatoms. The SMILES string of the molecule is CC(C)C[C@H](NC(=O)[C@@H](NC(=O)[C@H](Cc1cnc[nH]1)NC(=O)[C@@H](N)Cc1c[nH]c2ccccc12)[C@@H](C)O)C(=O)N1CCC[C@H]1C(=O)N[C@@H](CC(N)=O)C(=O)N[C@@H](C)C(=O)O. The van der Waals surface area contributed by atoms with E-state index in [1.165, 1.54) is 31.3 Å². The first kappa shape index (κ1) is 46.3. The average molecular weight is 838 g/mol. The van der Waals surface area contributed by atoms with Gasteiger partial charge >= 0.3 is 5.97 Å². The highest BCUT2D eigenvalue weighted by Gasteiger charge is 2.41. The molecule has 1 fully saturated rings. The maximum absolute atomic E-state index is 14.1. The summed E-state index contributed by atoms with van der Waals surface area (Å²) in [5.41, 5.74) is 13.7. The van der Waals surface area contributed by atoms with Crippen molar-refractivity contribution in [2.75, 3.05) is 6.54 Å². The number of likely N-dealkylation sites (tertiary alicyclic amines) is 1. The lowest BCUT2D eigenvalue weighted by molar-refractivity contribution is -0.144. The first-order chi connectivity index (χ1) is 28.4. The van der Waals surface area contributed by atoms with Gasteiger partial charge in [-0.15, -0.1) is 0 Å². The van der Waals surface area contributed by atoms with Crippen molar-refractivity contribution in [2.45, 2.75) is 115 Å². The van der Waals surface area contributed by atoms with Crippen LogP contribution in [0.3, 0.4) is 0 Å². The zero-order chi connectivity index (χ0) is 44.3. The molecular weight excluding hydrogens is 782 g/mol. The number of nitrogens with one attached hydrogen (secondary N) is 7. The van der Waals surface area contributed by atoms with E-state index in [1.807, 2.05) is 24.3 Å². The lowest BCUT2D eigenvalue weighted by Gasteiger charge is -2.32. The first-order valence-corrected chi connectivity index (χ1v) is 19.7. The van der Waals surface area contributed by atoms with Gasteiger partial charge in [-0.25, -0.2) is 4.98 Å². The molecule has 60 heavy (non-hydrogen) atoms. The molecule has 3 heterocycles. The maximum Gasteiger partial charge on any atom is 0.325 e. The number of carbonyl (C=O) groups is 8. The molecule has 2 aromatic heterocycles. The van der Waals surface area contributed by atoms with Gasteiger partial charge in [0.1, 0.15) is 36.3 Å². The summed E-state index contributed by atoms with van der Waals surface area (Å²) in [6.07, 6.45) is 3.15. The Labute approximate surface area is 345 Å². The topological polar surface area (TPSA) is 337 Å². The van der Waals surface area contributed by atoms with E-state index in [-0.39, 0.29) is 38.1 Å². The Morgan fingerprint density at radius 1 is 0.867 bits per heavy atom. The summed E-state index contributed by atoms with van der Waals surface area (Å²) >= 11 is 0. The van der Waals surface area contributed by atoms with Crippen LogP contribution in [0.25, 0.3) is 10.9 Å². The fraction of sp³-hybridized carbons (Fsp3) is 0.513. The Bertz CT molecular complexity index is 2020. The zero-order valence-electron chi connectivity index (χ0n) is 33.9. The molecule has 0 saturated carbocycles. The summed E-state index contributed by atoms with van der Waals surface area (Å²) in [5.74, 6) is -7.32. The molecule has 0 aliphatic carbocycles. The van der Waals surface area contributed by atoms with E-state index < -0.39 is 102 Å². The molecule has 0 radical (unpaired) electrons. The average Bonchev–Trinajstić information content (AvgIpc) is 3.97. The number of nitrogens with two attached hydrogens (primary N) is 2. The number of carboxylic acids is 1. The van der Waals surface area contributed by atoms with Gasteiger partial charge in [-0.2, -0.15) is 0 Å². The Morgan fingerprint density at radius 3 is 2.18 bits per heavy atom. The number of aliphatic hydroxyl groups excluding tert-OH is 1. The molecule has 1 aromatic carbocycles. The van der Waals surface area contributed by atoms with Crippen molar-refractivity contribution in [1.82, 2.24) is 46.4 Å². The number of benzene rings is 1. The normalized spacial score (nSPS) is 17.4. The third-order valence-corrected chi connectivity index (χ3v) is 10.1. The van der Waals surface area contributed by atoms with Crippen LogP contribution in [-0.4, -0.2) is 132 Å². The Hall–Kier alpha value is -6.35. The number of amides is 7. The van der Waals surface area contributed by atoms with Crippen LogP contribution in [-0.2, 0) is 51.2 Å². The van der Waals surface area contributed by atoms with Gasteiger partial charge in [-0.05, 0) is 57.1 Å². The van der Waals surface area contributed by atoms with Crippen molar-refractivity contribution in [3.05, 3.63) is 54.2 Å². The molecule has 1 saturated heterocycles. The second-order valence-electron chi connectivity index (χ2n) is 15.4. The fourth-order valence-corrected chi connectivity index (χ4v) is 6.91. The predicted molar refractivity (Wildman–Crippen MR) is 215 cm³/mol. The third kappa shape index (κ3) is 12.6. The van der Waals surface area contributed by atoms with E-state index in [0.29, 0.717) is 12.1 Å². The van der Waals surface area contributed by atoms with Gasteiger partial charge in [-0.3, -0.25) is 38.4 Å². The van der Waals surface area contributed by atoms with Crippen LogP contribution >= 0.6 is 0 Å². The van der Waals surface area contributed by atoms with E-state index in [1.54, 1.807) is 20.0 Å². The van der Waals surface area contributed by atoms with Crippen LogP contribution in [0, 0.1) is 5.92 Å². The second kappa shape index (κ2) is 21.1. The van der Waals surface area contributed by atoms with E-state index in [0.717, 1.165) is 16.5 Å². The summed E-state index contributed by atoms with van der Waals surface area (Å²) in [6, 6.07) is -1.71. The smallest absolute Gasteiger partial charge is 0.325 e. The summed E-state index contributed by atoms with van der Waals surface area (Å²) in [7, 11) is 0. The molecule has 0 spiro atoms. The number of carboxylic acid groups (broad SMARTS) is 1. The van der Waals surface area contributed by atoms with Crippen LogP contribution in [0.15, 0.2) is 43.0 Å². The molecule has 4 rings (SSSR count). The van der Waals surface area contributed by atoms with Gasteiger partial charge in [-0.1, -0.05) is 32.0 Å². The number of aliphatic carboxylic acids is 1. The molecule has 7 amide bonds. The molecule has 21 nitrogen and oxygen atoms in total. The van der Waals surface area contributed by atoms with Gasteiger partial charge < -0.3 is 63.1 Å². The molecule has 0 bridgehead atoms. The summed E-state index contributed by atoms with van der Waals surface area (Å²) in [6.45, 7) is 6.15. The Kier molecular flexibility index (Phi) is 16.3. The monoisotopic (exact) mass is 837 g/mol. The molecule has 8 atom stereocenters. The number of rotatable bonds is 21. The number of primary amides is 1. The Balaban J connectivity index is 1.47. The molecule has 0 unspecified atom stereocenters. The number of para-hydroxylation sites is 1. The summed E-state index contributed by atoms with van der Waals surface area (Å²) in [4.78, 5) is 116. The molecular formula is C39H55N11O10. The largest absolute Gasteiger partial charge is 0.480 e. The van der Waals surface area contributed by atoms with Gasteiger partial charge in [0.25, 0.3) is 0 Å². The first-order valence-electron chi connectivity index (χ1n) is 19.7. The molecule has 1 aliphatic heterocycles. The van der Waals surface area contributed by atoms with Gasteiger partial charge in [0.15, 0.2) is 0 Å². The number of carbonyl (C=O) groups excluding carboxylic acids is 7. The van der Waals surface area contributed by atoms with E-state index in [4.69, 9.17) is 11.5 Å². The summed E-state index contributed by atoms with van der Waals surface area (Å²) in [5, 5.41) is 33.2. The number of aromatic amines is 2. The highest BCUT2D eigenvalue weighted by Crippen LogP contribution is 2.22. The number of imidazole rings is 1. The van der Waals surface area contributed by atoms with Crippen LogP contribution in [0.4, 0.5) is 0 Å².